The normalized spacial score (nSPS) is 9.93. The van der Waals surface area contributed by atoms with Crippen molar-refractivity contribution in [3.05, 3.63) is 0 Å². The minimum Gasteiger partial charge on any atom is -0.396 e. The Labute approximate surface area is 93.6 Å². The van der Waals surface area contributed by atoms with Gasteiger partial charge in [-0.25, -0.2) is 0 Å². The zero-order valence-corrected chi connectivity index (χ0v) is 10.5. The predicted molar refractivity (Wildman–Crippen MR) is 65.2 cm³/mol. The van der Waals surface area contributed by atoms with E-state index in [4.69, 9.17) is 5.11 Å². The topological polar surface area (TPSA) is 39.1 Å². The molecule has 0 unspecified atom stereocenters. The number of nitrogens with zero attached hydrogens (tertiary/aromatic N) is 3. The monoisotopic (exact) mass is 215 g/mol. The molecular weight excluding hydrogens is 190 g/mol. The number of hydrogen-bond acceptors (Lipinski definition) is 2. The molecule has 15 heavy (non-hydrogen) atoms. The van der Waals surface area contributed by atoms with Crippen LogP contribution in [0.15, 0.2) is 4.99 Å². The lowest BCUT2D eigenvalue weighted by Gasteiger charge is -2.22. The van der Waals surface area contributed by atoms with Crippen molar-refractivity contribution in [2.45, 2.75) is 25.7 Å². The van der Waals surface area contributed by atoms with Gasteiger partial charge in [0, 0.05) is 41.3 Å². The van der Waals surface area contributed by atoms with E-state index in [1.165, 1.54) is 0 Å². The van der Waals surface area contributed by atoms with Crippen molar-refractivity contribution >= 4 is 5.96 Å². The third kappa shape index (κ3) is 7.19. The molecule has 4 heteroatoms. The Morgan fingerprint density at radius 1 is 0.933 bits per heavy atom. The Hall–Kier alpha value is -0.770. The van der Waals surface area contributed by atoms with Crippen molar-refractivity contribution in [3.63, 3.8) is 0 Å². The van der Waals surface area contributed by atoms with E-state index in [2.05, 4.69) is 4.99 Å². The van der Waals surface area contributed by atoms with Crippen molar-refractivity contribution in [3.8, 4) is 0 Å². The molecule has 0 bridgehead atoms. The van der Waals surface area contributed by atoms with Gasteiger partial charge in [-0.2, -0.15) is 0 Å². The van der Waals surface area contributed by atoms with Crippen molar-refractivity contribution in [2.24, 2.45) is 4.99 Å². The summed E-state index contributed by atoms with van der Waals surface area (Å²) < 4.78 is 0. The first-order valence-electron chi connectivity index (χ1n) is 5.59. The first kappa shape index (κ1) is 14.2. The van der Waals surface area contributed by atoms with Crippen LogP contribution in [-0.4, -0.2) is 62.2 Å². The number of rotatable bonds is 6. The molecule has 0 aromatic carbocycles. The van der Waals surface area contributed by atoms with Gasteiger partial charge in [-0.3, -0.25) is 4.99 Å². The van der Waals surface area contributed by atoms with Crippen LogP contribution in [0.5, 0.6) is 0 Å². The lowest BCUT2D eigenvalue weighted by atomic mass is 10.2. The summed E-state index contributed by atoms with van der Waals surface area (Å²) in [5.41, 5.74) is 0. The second-order valence-corrected chi connectivity index (χ2v) is 4.11. The van der Waals surface area contributed by atoms with Gasteiger partial charge in [-0.05, 0) is 12.8 Å². The van der Waals surface area contributed by atoms with E-state index in [9.17, 15) is 0 Å². The quantitative estimate of drug-likeness (QED) is 0.408. The smallest absolute Gasteiger partial charge is 0.195 e. The molecule has 90 valence electrons. The van der Waals surface area contributed by atoms with Gasteiger partial charge in [0.2, 0.25) is 0 Å². The molecule has 0 spiro atoms. The van der Waals surface area contributed by atoms with E-state index in [0.717, 1.165) is 38.2 Å². The summed E-state index contributed by atoms with van der Waals surface area (Å²) in [4.78, 5) is 8.57. The third-order valence-electron chi connectivity index (χ3n) is 2.12. The zero-order chi connectivity index (χ0) is 11.7. The molecule has 4 nitrogen and oxygen atoms in total. The molecule has 0 aliphatic rings. The van der Waals surface area contributed by atoms with Crippen LogP contribution >= 0.6 is 0 Å². The van der Waals surface area contributed by atoms with E-state index < -0.39 is 0 Å². The second kappa shape index (κ2) is 8.53. The highest BCUT2D eigenvalue weighted by Crippen LogP contribution is 2.00. The Kier molecular flexibility index (Phi) is 8.09. The number of aliphatic hydroxyl groups excluding tert-OH is 1. The Morgan fingerprint density at radius 2 is 1.47 bits per heavy atom. The molecule has 0 amide bonds. The van der Waals surface area contributed by atoms with Crippen LogP contribution in [0.1, 0.15) is 25.7 Å². The molecule has 0 fully saturated rings. The summed E-state index contributed by atoms with van der Waals surface area (Å²) in [6.07, 6.45) is 4.27. The van der Waals surface area contributed by atoms with Crippen molar-refractivity contribution in [1.82, 2.24) is 9.80 Å². The molecule has 0 aliphatic heterocycles. The maximum atomic E-state index is 8.62. The number of guanidine groups is 1. The Bertz CT molecular complexity index is 169. The number of hydrogen-bond donors (Lipinski definition) is 1. The van der Waals surface area contributed by atoms with Crippen LogP contribution < -0.4 is 0 Å². The summed E-state index contributed by atoms with van der Waals surface area (Å²) in [6.45, 7) is 1.18. The highest BCUT2D eigenvalue weighted by molar-refractivity contribution is 5.79. The molecule has 0 saturated carbocycles. The molecule has 1 N–H and O–H groups in total. The molecule has 0 aromatic rings. The van der Waals surface area contributed by atoms with Gasteiger partial charge in [-0.15, -0.1) is 0 Å². The largest absolute Gasteiger partial charge is 0.396 e. The molecule has 0 saturated heterocycles. The van der Waals surface area contributed by atoms with Gasteiger partial charge in [0.05, 0.1) is 0 Å². The molecule has 0 radical (unpaired) electrons. The Balaban J connectivity index is 3.71. The minimum absolute atomic E-state index is 0.309. The van der Waals surface area contributed by atoms with Crippen LogP contribution in [0, 0.1) is 0 Å². The Morgan fingerprint density at radius 3 is 1.93 bits per heavy atom. The third-order valence-corrected chi connectivity index (χ3v) is 2.12. The van der Waals surface area contributed by atoms with E-state index in [-0.39, 0.29) is 0 Å². The fourth-order valence-electron chi connectivity index (χ4n) is 1.44. The molecule has 0 heterocycles. The van der Waals surface area contributed by atoms with Crippen molar-refractivity contribution < 1.29 is 5.11 Å². The average molecular weight is 215 g/mol. The summed E-state index contributed by atoms with van der Waals surface area (Å²) in [7, 11) is 8.02. The first-order valence-corrected chi connectivity index (χ1v) is 5.59. The fourth-order valence-corrected chi connectivity index (χ4v) is 1.44. The van der Waals surface area contributed by atoms with Crippen molar-refractivity contribution in [2.75, 3.05) is 41.3 Å². The van der Waals surface area contributed by atoms with E-state index in [0.29, 0.717) is 6.61 Å². The predicted octanol–water partition coefficient (Wildman–Crippen LogP) is 1.02. The molecular formula is C11H25N3O. The lowest BCUT2D eigenvalue weighted by Crippen LogP contribution is -2.35. The standard InChI is InChI=1S/C11H25N3O/c1-13(2)11(14(3)4)12-9-7-5-6-8-10-15/h15H,5-10H2,1-4H3. The summed E-state index contributed by atoms with van der Waals surface area (Å²) in [5, 5.41) is 8.62. The SMILES string of the molecule is CN(C)C(=NCCCCCCO)N(C)C. The van der Waals surface area contributed by atoms with Gasteiger partial charge in [0.1, 0.15) is 0 Å². The summed E-state index contributed by atoms with van der Waals surface area (Å²) >= 11 is 0. The van der Waals surface area contributed by atoms with Gasteiger partial charge < -0.3 is 14.9 Å². The molecule has 0 rings (SSSR count). The average Bonchev–Trinajstić information content (AvgIpc) is 2.15. The second-order valence-electron chi connectivity index (χ2n) is 4.11. The number of unbranched alkanes of at least 4 members (excludes halogenated alkanes) is 3. The lowest BCUT2D eigenvalue weighted by molar-refractivity contribution is 0.282. The van der Waals surface area contributed by atoms with Crippen LogP contribution in [-0.2, 0) is 0 Å². The maximum Gasteiger partial charge on any atom is 0.195 e. The summed E-state index contributed by atoms with van der Waals surface area (Å²) in [5.74, 6) is 1.01. The highest BCUT2D eigenvalue weighted by Gasteiger charge is 2.02. The van der Waals surface area contributed by atoms with Crippen molar-refractivity contribution in [1.29, 1.82) is 0 Å². The van der Waals surface area contributed by atoms with E-state index in [1.807, 2.05) is 38.0 Å². The zero-order valence-electron chi connectivity index (χ0n) is 10.5. The van der Waals surface area contributed by atoms with Crippen LogP contribution in [0.2, 0.25) is 0 Å². The van der Waals surface area contributed by atoms with Gasteiger partial charge in [0.15, 0.2) is 5.96 Å². The van der Waals surface area contributed by atoms with Crippen LogP contribution in [0.3, 0.4) is 0 Å². The minimum atomic E-state index is 0.309. The van der Waals surface area contributed by atoms with Crippen LogP contribution in [0.25, 0.3) is 0 Å². The molecule has 0 aliphatic carbocycles. The number of aliphatic hydroxyl groups is 1. The number of aliphatic imine (C=N–C) groups is 1. The van der Waals surface area contributed by atoms with Gasteiger partial charge >= 0.3 is 0 Å². The van der Waals surface area contributed by atoms with Gasteiger partial charge in [-0.1, -0.05) is 12.8 Å². The summed E-state index contributed by atoms with van der Waals surface area (Å²) in [6, 6.07) is 0. The molecule has 0 atom stereocenters. The molecule has 0 aromatic heterocycles. The highest BCUT2D eigenvalue weighted by atomic mass is 16.2. The van der Waals surface area contributed by atoms with E-state index >= 15 is 0 Å². The fraction of sp³-hybridized carbons (Fsp3) is 0.909. The maximum absolute atomic E-state index is 8.62. The van der Waals surface area contributed by atoms with Crippen LogP contribution in [0.4, 0.5) is 0 Å². The first-order chi connectivity index (χ1) is 7.09. The van der Waals surface area contributed by atoms with Gasteiger partial charge in [0.25, 0.3) is 0 Å². The van der Waals surface area contributed by atoms with E-state index in [1.54, 1.807) is 0 Å².